The van der Waals surface area contributed by atoms with Crippen molar-refractivity contribution in [3.05, 3.63) is 0 Å². The van der Waals surface area contributed by atoms with Crippen LogP contribution >= 0.6 is 0 Å². The Kier molecular flexibility index (Phi) is 2.91. The first-order valence-electron chi connectivity index (χ1n) is 2.81. The third kappa shape index (κ3) is 2.26. The van der Waals surface area contributed by atoms with Crippen LogP contribution in [0.2, 0.25) is 0 Å². The summed E-state index contributed by atoms with van der Waals surface area (Å²) in [6.45, 7) is 2.89. The minimum atomic E-state index is -1.27. The number of ketones is 1. The van der Waals surface area contributed by atoms with Gasteiger partial charge in [0.05, 0.1) is 11.9 Å². The molecule has 0 aromatic heterocycles. The second kappa shape index (κ2) is 3.22. The smallest absolute Gasteiger partial charge is 0.138 e. The quantitative estimate of drug-likeness (QED) is 0.476. The van der Waals surface area contributed by atoms with Gasteiger partial charge < -0.3 is 9.90 Å². The summed E-state index contributed by atoms with van der Waals surface area (Å²) >= 11 is 0. The summed E-state index contributed by atoms with van der Waals surface area (Å²) in [5, 5.41) is 10.0. The van der Waals surface area contributed by atoms with E-state index in [1.807, 2.05) is 0 Å². The molecule has 0 rings (SSSR count). The van der Waals surface area contributed by atoms with Gasteiger partial charge >= 0.3 is 0 Å². The molecule has 0 aliphatic heterocycles. The van der Waals surface area contributed by atoms with Crippen LogP contribution in [0.4, 0.5) is 0 Å². The Bertz CT molecular complexity index is 114. The van der Waals surface area contributed by atoms with Crippen molar-refractivity contribution in [1.29, 1.82) is 0 Å². The molecule has 0 N–H and O–H groups in total. The molecule has 52 valence electrons. The number of carboxylic acids is 1. The minimum absolute atomic E-state index is 0.317. The molecule has 3 nitrogen and oxygen atoms in total. The molecule has 0 saturated carbocycles. The van der Waals surface area contributed by atoms with Crippen LogP contribution in [-0.4, -0.2) is 11.8 Å². The second-order valence-electron chi connectivity index (χ2n) is 1.89. The van der Waals surface area contributed by atoms with Gasteiger partial charge in [0.15, 0.2) is 0 Å². The van der Waals surface area contributed by atoms with Crippen molar-refractivity contribution < 1.29 is 14.7 Å². The summed E-state index contributed by atoms with van der Waals surface area (Å²) in [6.07, 6.45) is 0.317. The Balaban J connectivity index is 3.99. The molecule has 0 fully saturated rings. The molecule has 0 spiro atoms. The number of aliphatic carboxylic acids is 1. The van der Waals surface area contributed by atoms with E-state index < -0.39 is 11.9 Å². The Morgan fingerprint density at radius 2 is 2.00 bits per heavy atom. The summed E-state index contributed by atoms with van der Waals surface area (Å²) in [4.78, 5) is 20.4. The van der Waals surface area contributed by atoms with Crippen molar-refractivity contribution in [2.45, 2.75) is 20.3 Å². The second-order valence-corrected chi connectivity index (χ2v) is 1.89. The lowest BCUT2D eigenvalue weighted by atomic mass is 10.0. The van der Waals surface area contributed by atoms with Crippen molar-refractivity contribution in [3.63, 3.8) is 0 Å². The van der Waals surface area contributed by atoms with Gasteiger partial charge in [0.2, 0.25) is 0 Å². The molecule has 3 heteroatoms. The van der Waals surface area contributed by atoms with Crippen LogP contribution in [0.5, 0.6) is 0 Å². The molecule has 0 aliphatic rings. The molecule has 0 saturated heterocycles. The molecule has 0 aromatic carbocycles. The summed E-state index contributed by atoms with van der Waals surface area (Å²) in [7, 11) is 0. The summed E-state index contributed by atoms with van der Waals surface area (Å²) in [5.41, 5.74) is 0. The number of Topliss-reactive ketones (excluding diaryl/α,β-unsaturated/α-hetero) is 1. The third-order valence-electron chi connectivity index (χ3n) is 1.18. The van der Waals surface area contributed by atoms with Crippen LogP contribution in [0.3, 0.4) is 0 Å². The Morgan fingerprint density at radius 3 is 2.00 bits per heavy atom. The molecule has 0 radical (unpaired) electrons. The van der Waals surface area contributed by atoms with Gasteiger partial charge in [-0.05, 0) is 13.3 Å². The lowest BCUT2D eigenvalue weighted by Crippen LogP contribution is -2.34. The van der Waals surface area contributed by atoms with E-state index in [2.05, 4.69) is 0 Å². The zero-order valence-electron chi connectivity index (χ0n) is 5.51. The first-order chi connectivity index (χ1) is 4.09. The van der Waals surface area contributed by atoms with Crippen molar-refractivity contribution in [2.24, 2.45) is 5.92 Å². The van der Waals surface area contributed by atoms with Gasteiger partial charge in [0, 0.05) is 0 Å². The van der Waals surface area contributed by atoms with E-state index in [-0.39, 0.29) is 5.78 Å². The highest BCUT2D eigenvalue weighted by Gasteiger charge is 2.11. The molecule has 0 aliphatic carbocycles. The fourth-order valence-electron chi connectivity index (χ4n) is 0.620. The van der Waals surface area contributed by atoms with Crippen LogP contribution < -0.4 is 5.11 Å². The number of rotatable bonds is 3. The molecule has 0 amide bonds. The summed E-state index contributed by atoms with van der Waals surface area (Å²) in [5.74, 6) is -2.52. The number of carboxylic acid groups (broad SMARTS) is 1. The van der Waals surface area contributed by atoms with Gasteiger partial charge in [-0.3, -0.25) is 4.79 Å². The van der Waals surface area contributed by atoms with Gasteiger partial charge in [-0.1, -0.05) is 6.92 Å². The highest BCUT2D eigenvalue weighted by molar-refractivity contribution is 5.95. The lowest BCUT2D eigenvalue weighted by Gasteiger charge is -2.10. The van der Waals surface area contributed by atoms with Gasteiger partial charge in [-0.2, -0.15) is 0 Å². The number of carbonyl (C=O) groups excluding carboxylic acids is 2. The maximum absolute atomic E-state index is 10.4. The number of hydrogen-bond donors (Lipinski definition) is 0. The Morgan fingerprint density at radius 1 is 1.56 bits per heavy atom. The molecule has 0 bridgehead atoms. The SMILES string of the molecule is CC[C@@H](C(C)=O)C(=O)[O-]. The molecule has 1 atom stereocenters. The molecular formula is C6H9O3-. The normalized spacial score (nSPS) is 12.7. The van der Waals surface area contributed by atoms with Gasteiger partial charge in [0.25, 0.3) is 0 Å². The van der Waals surface area contributed by atoms with Crippen molar-refractivity contribution in [2.75, 3.05) is 0 Å². The topological polar surface area (TPSA) is 57.2 Å². The largest absolute Gasteiger partial charge is 0.549 e. The fraction of sp³-hybridized carbons (Fsp3) is 0.667. The van der Waals surface area contributed by atoms with E-state index >= 15 is 0 Å². The van der Waals surface area contributed by atoms with Crippen LogP contribution in [0, 0.1) is 5.92 Å². The molecule has 0 heterocycles. The van der Waals surface area contributed by atoms with Gasteiger partial charge in [-0.25, -0.2) is 0 Å². The zero-order valence-corrected chi connectivity index (χ0v) is 5.51. The van der Waals surface area contributed by atoms with Gasteiger partial charge in [0.1, 0.15) is 5.78 Å². The van der Waals surface area contributed by atoms with Crippen LogP contribution in [0.1, 0.15) is 20.3 Å². The van der Waals surface area contributed by atoms with Crippen LogP contribution in [-0.2, 0) is 9.59 Å². The molecule has 9 heavy (non-hydrogen) atoms. The van der Waals surface area contributed by atoms with E-state index in [0.29, 0.717) is 6.42 Å². The summed E-state index contributed by atoms with van der Waals surface area (Å²) < 4.78 is 0. The van der Waals surface area contributed by atoms with Gasteiger partial charge in [-0.15, -0.1) is 0 Å². The van der Waals surface area contributed by atoms with Crippen LogP contribution in [0.15, 0.2) is 0 Å². The van der Waals surface area contributed by atoms with Crippen LogP contribution in [0.25, 0.3) is 0 Å². The minimum Gasteiger partial charge on any atom is -0.549 e. The number of hydrogen-bond acceptors (Lipinski definition) is 3. The van der Waals surface area contributed by atoms with E-state index in [1.54, 1.807) is 6.92 Å². The highest BCUT2D eigenvalue weighted by Crippen LogP contribution is 2.00. The van der Waals surface area contributed by atoms with E-state index in [1.165, 1.54) is 6.92 Å². The van der Waals surface area contributed by atoms with Crippen molar-refractivity contribution in [3.8, 4) is 0 Å². The number of carbonyl (C=O) groups is 2. The monoisotopic (exact) mass is 129 g/mol. The molecule has 0 aromatic rings. The molecule has 0 unspecified atom stereocenters. The Hall–Kier alpha value is -0.860. The molecular weight excluding hydrogens is 120 g/mol. The standard InChI is InChI=1S/C6H10O3/c1-3-5(4(2)7)6(8)9/h5H,3H2,1-2H3,(H,8,9)/p-1/t5-/m0/s1. The van der Waals surface area contributed by atoms with E-state index in [4.69, 9.17) is 0 Å². The average Bonchev–Trinajstić information content (AvgIpc) is 1.64. The van der Waals surface area contributed by atoms with E-state index in [9.17, 15) is 14.7 Å². The lowest BCUT2D eigenvalue weighted by molar-refractivity contribution is -0.309. The highest BCUT2D eigenvalue weighted by atomic mass is 16.4. The summed E-state index contributed by atoms with van der Waals surface area (Å²) in [6, 6.07) is 0. The van der Waals surface area contributed by atoms with E-state index in [0.717, 1.165) is 0 Å². The van der Waals surface area contributed by atoms with Crippen molar-refractivity contribution in [1.82, 2.24) is 0 Å². The Labute approximate surface area is 53.7 Å². The fourth-order valence-corrected chi connectivity index (χ4v) is 0.620. The zero-order chi connectivity index (χ0) is 7.44. The third-order valence-corrected chi connectivity index (χ3v) is 1.18. The van der Waals surface area contributed by atoms with Crippen molar-refractivity contribution >= 4 is 11.8 Å². The first kappa shape index (κ1) is 8.14. The predicted octanol–water partition coefficient (Wildman–Crippen LogP) is -0.649. The maximum Gasteiger partial charge on any atom is 0.138 e. The first-order valence-corrected chi connectivity index (χ1v) is 2.81. The maximum atomic E-state index is 10.4. The average molecular weight is 129 g/mol. The predicted molar refractivity (Wildman–Crippen MR) is 29.5 cm³/mol.